The summed E-state index contributed by atoms with van der Waals surface area (Å²) in [6, 6.07) is 0. The number of nitrogens with one attached hydrogen (secondary N) is 3. The second-order valence-electron chi connectivity index (χ2n) is 10.2. The van der Waals surface area contributed by atoms with Crippen molar-refractivity contribution in [3.8, 4) is 0 Å². The number of alkyl halides is 3. The van der Waals surface area contributed by atoms with E-state index in [4.69, 9.17) is 9.57 Å². The normalized spacial score (nSPS) is 14.9. The molecule has 0 radical (unpaired) electrons. The fraction of sp³-hybridized carbons (Fsp3) is 0.739. The van der Waals surface area contributed by atoms with Crippen LogP contribution >= 0.6 is 47.8 Å². The average molecular weight is 735 g/mol. The van der Waals surface area contributed by atoms with Crippen LogP contribution in [0.1, 0.15) is 60.8 Å². The molecule has 0 unspecified atom stereocenters. The van der Waals surface area contributed by atoms with E-state index in [0.29, 0.717) is 5.06 Å². The molecular weight excluding hydrogens is 700 g/mol. The maximum absolute atomic E-state index is 12.6. The number of imide groups is 1. The second-order valence-corrected chi connectivity index (χ2v) is 16.1. The predicted molar refractivity (Wildman–Crippen MR) is 149 cm³/mol. The zero-order chi connectivity index (χ0) is 29.5. The van der Waals surface area contributed by atoms with Crippen molar-refractivity contribution in [3.63, 3.8) is 0 Å². The van der Waals surface area contributed by atoms with E-state index in [1.54, 1.807) is 41.5 Å². The third kappa shape index (κ3) is 11.4. The van der Waals surface area contributed by atoms with Crippen molar-refractivity contribution in [2.75, 3.05) is 26.2 Å². The number of hydrogen-bond donors (Lipinski definition) is 3. The zero-order valence-electron chi connectivity index (χ0n) is 22.3. The molecule has 1 aliphatic heterocycles. The van der Waals surface area contributed by atoms with Crippen LogP contribution in [-0.4, -0.2) is 85.4 Å². The largest absolute Gasteiger partial charge is 0.356 e. The Bertz CT molecular complexity index is 848. The first-order valence-electron chi connectivity index (χ1n) is 11.8. The minimum Gasteiger partial charge on any atom is -0.356 e. The van der Waals surface area contributed by atoms with E-state index >= 15 is 0 Å². The number of rotatable bonds is 15. The number of nitrogens with zero attached hydrogens (tertiary/aromatic N) is 1. The SMILES string of the molecule is CC(C)(Br)C(=O)CNC(CNC(=O)C(C)(C)Br)(CNC(=O)C(C)(C)Br)OCCC(=O)ON1C(=O)CCC1=O. The lowest BCUT2D eigenvalue weighted by molar-refractivity contribution is -0.199. The average Bonchev–Trinajstić information content (AvgIpc) is 3.09. The summed E-state index contributed by atoms with van der Waals surface area (Å²) in [6.45, 7) is 9.00. The van der Waals surface area contributed by atoms with Gasteiger partial charge in [-0.25, -0.2) is 4.79 Å². The summed E-state index contributed by atoms with van der Waals surface area (Å²) in [6.07, 6.45) is -0.449. The molecule has 0 spiro atoms. The van der Waals surface area contributed by atoms with Crippen molar-refractivity contribution < 1.29 is 38.3 Å². The van der Waals surface area contributed by atoms with E-state index < -0.39 is 48.3 Å². The number of ketones is 1. The van der Waals surface area contributed by atoms with Gasteiger partial charge in [0.25, 0.3) is 11.8 Å². The van der Waals surface area contributed by atoms with Crippen LogP contribution in [0.4, 0.5) is 0 Å². The molecule has 0 saturated carbocycles. The first kappa shape index (κ1) is 34.6. The van der Waals surface area contributed by atoms with Gasteiger partial charge in [0.05, 0.1) is 45.6 Å². The summed E-state index contributed by atoms with van der Waals surface area (Å²) in [7, 11) is 0. The topological polar surface area (TPSA) is 160 Å². The van der Waals surface area contributed by atoms with E-state index in [2.05, 4.69) is 63.7 Å². The second kappa shape index (κ2) is 13.8. The van der Waals surface area contributed by atoms with Crippen LogP contribution in [0.2, 0.25) is 0 Å². The highest BCUT2D eigenvalue weighted by Crippen LogP contribution is 2.20. The summed E-state index contributed by atoms with van der Waals surface area (Å²) in [5, 5.41) is 8.86. The lowest BCUT2D eigenvalue weighted by Gasteiger charge is -2.37. The van der Waals surface area contributed by atoms with Crippen LogP contribution in [-0.2, 0) is 38.3 Å². The molecule has 0 aromatic heterocycles. The molecule has 1 fully saturated rings. The molecule has 1 heterocycles. The van der Waals surface area contributed by atoms with E-state index in [9.17, 15) is 28.8 Å². The molecule has 0 aromatic rings. The Kier molecular flexibility index (Phi) is 12.5. The first-order chi connectivity index (χ1) is 17.2. The monoisotopic (exact) mass is 732 g/mol. The zero-order valence-corrected chi connectivity index (χ0v) is 27.1. The number of hydrogen-bond acceptors (Lipinski definition) is 9. The highest BCUT2D eigenvalue weighted by molar-refractivity contribution is 9.10. The molecule has 216 valence electrons. The Morgan fingerprint density at radius 2 is 1.26 bits per heavy atom. The quantitative estimate of drug-likeness (QED) is 0.129. The molecule has 4 amide bonds. The van der Waals surface area contributed by atoms with Crippen LogP contribution in [0.25, 0.3) is 0 Å². The minimum atomic E-state index is -1.53. The van der Waals surface area contributed by atoms with Crippen molar-refractivity contribution in [1.29, 1.82) is 0 Å². The Morgan fingerprint density at radius 1 is 0.816 bits per heavy atom. The van der Waals surface area contributed by atoms with Gasteiger partial charge in [-0.2, -0.15) is 0 Å². The lowest BCUT2D eigenvalue weighted by atomic mass is 10.1. The van der Waals surface area contributed by atoms with Gasteiger partial charge in [0.15, 0.2) is 11.5 Å². The molecular formula is C23H35Br3N4O8. The summed E-state index contributed by atoms with van der Waals surface area (Å²) >= 11 is 9.87. The highest BCUT2D eigenvalue weighted by atomic mass is 79.9. The third-order valence-electron chi connectivity index (χ3n) is 5.27. The molecule has 0 aromatic carbocycles. The van der Waals surface area contributed by atoms with Crippen molar-refractivity contribution in [3.05, 3.63) is 0 Å². The number of halogens is 3. The smallest absolute Gasteiger partial charge is 0.335 e. The molecule has 38 heavy (non-hydrogen) atoms. The van der Waals surface area contributed by atoms with Crippen molar-refractivity contribution in [2.24, 2.45) is 0 Å². The molecule has 1 aliphatic rings. The van der Waals surface area contributed by atoms with Crippen LogP contribution in [0, 0.1) is 0 Å². The van der Waals surface area contributed by atoms with Gasteiger partial charge < -0.3 is 20.2 Å². The molecule has 0 atom stereocenters. The number of hydroxylamine groups is 2. The standard InChI is InChI=1S/C23H35Br3N4O8/c1-20(2,24)14(31)11-29-23(12-27-18(35)21(3,4)25,13-28-19(36)22(5,6)26)37-10-9-17(34)38-30-15(32)7-8-16(30)33/h29H,7-13H2,1-6H3,(H,27,35)(H,28,36). The molecule has 1 rings (SSSR count). The summed E-state index contributed by atoms with van der Waals surface area (Å²) in [4.78, 5) is 78.4. The van der Waals surface area contributed by atoms with E-state index in [-0.39, 0.29) is 51.3 Å². The van der Waals surface area contributed by atoms with E-state index in [1.165, 1.54) is 0 Å². The number of Topliss-reactive ketones (excluding diaryl/α,β-unsaturated/α-hetero) is 1. The van der Waals surface area contributed by atoms with Crippen molar-refractivity contribution >= 4 is 83.2 Å². The van der Waals surface area contributed by atoms with Gasteiger partial charge in [-0.1, -0.05) is 47.8 Å². The summed E-state index contributed by atoms with van der Waals surface area (Å²) in [5.74, 6) is -3.14. The maximum atomic E-state index is 12.6. The molecule has 0 bridgehead atoms. The Morgan fingerprint density at radius 3 is 1.66 bits per heavy atom. The van der Waals surface area contributed by atoms with Gasteiger partial charge in [0.1, 0.15) is 0 Å². The third-order valence-corrected chi connectivity index (χ3v) is 6.43. The number of carbonyl (C=O) groups excluding carboxylic acids is 6. The van der Waals surface area contributed by atoms with Crippen molar-refractivity contribution in [1.82, 2.24) is 21.0 Å². The Labute approximate surface area is 247 Å². The molecule has 15 heteroatoms. The van der Waals surface area contributed by atoms with Crippen LogP contribution in [0.5, 0.6) is 0 Å². The van der Waals surface area contributed by atoms with Gasteiger partial charge in [-0.15, -0.1) is 5.06 Å². The lowest BCUT2D eigenvalue weighted by Crippen LogP contribution is -2.64. The maximum Gasteiger partial charge on any atom is 0.335 e. The van der Waals surface area contributed by atoms with Gasteiger partial charge in [-0.05, 0) is 41.5 Å². The Balaban J connectivity index is 3.11. The number of amides is 4. The van der Waals surface area contributed by atoms with Crippen LogP contribution in [0.3, 0.4) is 0 Å². The number of carbonyl (C=O) groups is 6. The van der Waals surface area contributed by atoms with Crippen LogP contribution < -0.4 is 16.0 Å². The molecule has 1 saturated heterocycles. The summed E-state index contributed by atoms with van der Waals surface area (Å²) < 4.78 is 3.26. The van der Waals surface area contributed by atoms with Crippen LogP contribution in [0.15, 0.2) is 0 Å². The van der Waals surface area contributed by atoms with Gasteiger partial charge >= 0.3 is 5.97 Å². The number of ether oxygens (including phenoxy) is 1. The van der Waals surface area contributed by atoms with Gasteiger partial charge in [0, 0.05) is 12.8 Å². The Hall–Kier alpha value is -1.42. The van der Waals surface area contributed by atoms with Gasteiger partial charge in [0.2, 0.25) is 11.8 Å². The van der Waals surface area contributed by atoms with E-state index in [1.807, 2.05) is 0 Å². The fourth-order valence-corrected chi connectivity index (χ4v) is 3.21. The van der Waals surface area contributed by atoms with Crippen molar-refractivity contribution in [2.45, 2.75) is 79.5 Å². The van der Waals surface area contributed by atoms with Gasteiger partial charge in [-0.3, -0.25) is 29.3 Å². The predicted octanol–water partition coefficient (Wildman–Crippen LogP) is 1.61. The molecule has 0 aliphatic carbocycles. The fourth-order valence-electron chi connectivity index (χ4n) is 2.79. The highest BCUT2D eigenvalue weighted by Gasteiger charge is 2.38. The minimum absolute atomic E-state index is 0.0408. The first-order valence-corrected chi connectivity index (χ1v) is 14.2. The summed E-state index contributed by atoms with van der Waals surface area (Å²) in [5.41, 5.74) is -1.53. The van der Waals surface area contributed by atoms with E-state index in [0.717, 1.165) is 0 Å². The molecule has 12 nitrogen and oxygen atoms in total. The molecule has 3 N–H and O–H groups in total.